The van der Waals surface area contributed by atoms with Crippen molar-refractivity contribution in [1.29, 1.82) is 0 Å². The van der Waals surface area contributed by atoms with Crippen molar-refractivity contribution in [3.05, 3.63) is 56.1 Å². The molecule has 0 aromatic heterocycles. The number of benzene rings is 2. The quantitative estimate of drug-likeness (QED) is 0.676. The van der Waals surface area contributed by atoms with E-state index in [-0.39, 0.29) is 0 Å². The highest BCUT2D eigenvalue weighted by molar-refractivity contribution is 14.1. The van der Waals surface area contributed by atoms with Crippen molar-refractivity contribution in [2.24, 2.45) is 0 Å². The third-order valence-electron chi connectivity index (χ3n) is 3.93. The highest BCUT2D eigenvalue weighted by Gasteiger charge is 2.21. The van der Waals surface area contributed by atoms with Crippen LogP contribution in [0.25, 0.3) is 0 Å². The van der Waals surface area contributed by atoms with Gasteiger partial charge in [0.05, 0.1) is 23.9 Å². The van der Waals surface area contributed by atoms with E-state index in [0.717, 1.165) is 32.9 Å². The van der Waals surface area contributed by atoms with Crippen LogP contribution >= 0.6 is 34.2 Å². The third-order valence-corrected chi connectivity index (χ3v) is 4.91. The second-order valence-electron chi connectivity index (χ2n) is 5.28. The molecular weight excluding hydrogens is 397 g/mol. The minimum Gasteiger partial charge on any atom is -0.497 e. The molecule has 0 heterocycles. The van der Waals surface area contributed by atoms with Crippen LogP contribution in [-0.4, -0.2) is 7.11 Å². The zero-order chi connectivity index (χ0) is 14.8. The number of hydrogen-bond donors (Lipinski definition) is 1. The summed E-state index contributed by atoms with van der Waals surface area (Å²) in [5, 5.41) is 4.37. The van der Waals surface area contributed by atoms with Gasteiger partial charge in [0, 0.05) is 3.57 Å². The summed E-state index contributed by atoms with van der Waals surface area (Å²) in [7, 11) is 1.71. The van der Waals surface area contributed by atoms with Crippen LogP contribution < -0.4 is 10.1 Å². The van der Waals surface area contributed by atoms with Crippen LogP contribution in [0.15, 0.2) is 36.4 Å². The summed E-state index contributed by atoms with van der Waals surface area (Å²) < 4.78 is 6.51. The standard InChI is InChI=1S/C17H17ClINO/c1-21-13-7-5-11-3-2-4-16(14(11)10-13)20-17-8-6-12(19)9-15(17)18/h5-10,16,20H,2-4H2,1H3. The highest BCUT2D eigenvalue weighted by atomic mass is 127. The van der Waals surface area contributed by atoms with Crippen LogP contribution in [0, 0.1) is 3.57 Å². The normalized spacial score (nSPS) is 17.2. The summed E-state index contributed by atoms with van der Waals surface area (Å²) in [6.45, 7) is 0. The smallest absolute Gasteiger partial charge is 0.119 e. The van der Waals surface area contributed by atoms with E-state index in [4.69, 9.17) is 16.3 Å². The van der Waals surface area contributed by atoms with Crippen LogP contribution in [0.3, 0.4) is 0 Å². The molecule has 1 unspecified atom stereocenters. The van der Waals surface area contributed by atoms with Gasteiger partial charge in [-0.05, 0) is 83.3 Å². The van der Waals surface area contributed by atoms with Crippen molar-refractivity contribution in [3.8, 4) is 5.75 Å². The molecule has 0 radical (unpaired) electrons. The Labute approximate surface area is 144 Å². The first-order chi connectivity index (χ1) is 10.2. The number of halogens is 2. The maximum Gasteiger partial charge on any atom is 0.119 e. The van der Waals surface area contributed by atoms with Crippen LogP contribution in [0.2, 0.25) is 5.02 Å². The van der Waals surface area contributed by atoms with Gasteiger partial charge in [0.1, 0.15) is 5.75 Å². The number of rotatable bonds is 3. The lowest BCUT2D eigenvalue weighted by atomic mass is 9.87. The monoisotopic (exact) mass is 413 g/mol. The SMILES string of the molecule is COc1ccc2c(c1)C(Nc1ccc(I)cc1Cl)CCC2. The van der Waals surface area contributed by atoms with Crippen molar-refractivity contribution in [2.75, 3.05) is 12.4 Å². The molecule has 0 amide bonds. The molecular formula is C17H17ClINO. The molecule has 0 saturated heterocycles. The Bertz CT molecular complexity index is 659. The average Bonchev–Trinajstić information content (AvgIpc) is 2.50. The molecule has 1 aliphatic carbocycles. The second kappa shape index (κ2) is 6.44. The minimum atomic E-state index is 0.293. The number of fused-ring (bicyclic) bond motifs is 1. The fraction of sp³-hybridized carbons (Fsp3) is 0.294. The molecule has 4 heteroatoms. The number of methoxy groups -OCH3 is 1. The van der Waals surface area contributed by atoms with E-state index in [1.807, 2.05) is 12.1 Å². The van der Waals surface area contributed by atoms with Crippen molar-refractivity contribution in [1.82, 2.24) is 0 Å². The zero-order valence-corrected chi connectivity index (χ0v) is 14.7. The molecule has 21 heavy (non-hydrogen) atoms. The molecule has 0 aliphatic heterocycles. The average molecular weight is 414 g/mol. The van der Waals surface area contributed by atoms with Gasteiger partial charge in [-0.2, -0.15) is 0 Å². The Morgan fingerprint density at radius 3 is 2.86 bits per heavy atom. The fourth-order valence-corrected chi connectivity index (χ4v) is 3.76. The van der Waals surface area contributed by atoms with Gasteiger partial charge in [-0.3, -0.25) is 0 Å². The van der Waals surface area contributed by atoms with Crippen molar-refractivity contribution in [2.45, 2.75) is 25.3 Å². The van der Waals surface area contributed by atoms with E-state index < -0.39 is 0 Å². The predicted octanol–water partition coefficient (Wildman–Crippen LogP) is 5.44. The molecule has 0 bridgehead atoms. The lowest BCUT2D eigenvalue weighted by Crippen LogP contribution is -2.17. The van der Waals surface area contributed by atoms with Crippen LogP contribution in [0.1, 0.15) is 30.0 Å². The molecule has 2 aromatic rings. The van der Waals surface area contributed by atoms with Gasteiger partial charge in [0.2, 0.25) is 0 Å². The van der Waals surface area contributed by atoms with Crippen molar-refractivity contribution >= 4 is 39.9 Å². The molecule has 3 rings (SSSR count). The molecule has 2 nitrogen and oxygen atoms in total. The molecule has 110 valence electrons. The first-order valence-electron chi connectivity index (χ1n) is 7.06. The van der Waals surface area contributed by atoms with Gasteiger partial charge in [-0.1, -0.05) is 17.7 Å². The number of ether oxygens (including phenoxy) is 1. The lowest BCUT2D eigenvalue weighted by molar-refractivity contribution is 0.413. The maximum atomic E-state index is 6.34. The number of anilines is 1. The largest absolute Gasteiger partial charge is 0.497 e. The van der Waals surface area contributed by atoms with Gasteiger partial charge < -0.3 is 10.1 Å². The summed E-state index contributed by atoms with van der Waals surface area (Å²) in [6.07, 6.45) is 3.44. The van der Waals surface area contributed by atoms with Gasteiger partial charge in [-0.25, -0.2) is 0 Å². The Morgan fingerprint density at radius 2 is 2.10 bits per heavy atom. The molecule has 0 spiro atoms. The van der Waals surface area contributed by atoms with Crippen LogP contribution in [0.4, 0.5) is 5.69 Å². The molecule has 0 fully saturated rings. The van der Waals surface area contributed by atoms with E-state index >= 15 is 0 Å². The van der Waals surface area contributed by atoms with E-state index in [1.54, 1.807) is 7.11 Å². The minimum absolute atomic E-state index is 0.293. The topological polar surface area (TPSA) is 21.3 Å². The summed E-state index contributed by atoms with van der Waals surface area (Å²) >= 11 is 8.62. The summed E-state index contributed by atoms with van der Waals surface area (Å²) in [6, 6.07) is 12.8. The molecule has 2 aromatic carbocycles. The molecule has 1 N–H and O–H groups in total. The van der Waals surface area contributed by atoms with E-state index in [1.165, 1.54) is 17.5 Å². The Kier molecular flexibility index (Phi) is 4.60. The zero-order valence-electron chi connectivity index (χ0n) is 11.8. The Balaban J connectivity index is 1.90. The highest BCUT2D eigenvalue weighted by Crippen LogP contribution is 2.36. The molecule has 0 saturated carbocycles. The van der Waals surface area contributed by atoms with Gasteiger partial charge in [0.15, 0.2) is 0 Å². The lowest BCUT2D eigenvalue weighted by Gasteiger charge is -2.28. The maximum absolute atomic E-state index is 6.34. The second-order valence-corrected chi connectivity index (χ2v) is 6.93. The first kappa shape index (κ1) is 15.0. The van der Waals surface area contributed by atoms with E-state index in [9.17, 15) is 0 Å². The molecule has 1 atom stereocenters. The third kappa shape index (κ3) is 3.29. The summed E-state index contributed by atoms with van der Waals surface area (Å²) in [5.41, 5.74) is 3.73. The number of aryl methyl sites for hydroxylation is 1. The summed E-state index contributed by atoms with van der Waals surface area (Å²) in [5.74, 6) is 0.913. The number of hydrogen-bond acceptors (Lipinski definition) is 2. The Hall–Kier alpha value is -0.940. The molecule has 1 aliphatic rings. The van der Waals surface area contributed by atoms with Crippen LogP contribution in [0.5, 0.6) is 5.75 Å². The van der Waals surface area contributed by atoms with E-state index in [2.05, 4.69) is 52.2 Å². The van der Waals surface area contributed by atoms with Gasteiger partial charge in [0.25, 0.3) is 0 Å². The van der Waals surface area contributed by atoms with E-state index in [0.29, 0.717) is 6.04 Å². The number of nitrogens with one attached hydrogen (secondary N) is 1. The van der Waals surface area contributed by atoms with Crippen molar-refractivity contribution < 1.29 is 4.74 Å². The van der Waals surface area contributed by atoms with Crippen molar-refractivity contribution in [3.63, 3.8) is 0 Å². The Morgan fingerprint density at radius 1 is 1.24 bits per heavy atom. The first-order valence-corrected chi connectivity index (χ1v) is 8.51. The van der Waals surface area contributed by atoms with Gasteiger partial charge in [-0.15, -0.1) is 0 Å². The predicted molar refractivity (Wildman–Crippen MR) is 96.5 cm³/mol. The van der Waals surface area contributed by atoms with Crippen LogP contribution in [-0.2, 0) is 6.42 Å². The summed E-state index contributed by atoms with van der Waals surface area (Å²) in [4.78, 5) is 0. The fourth-order valence-electron chi connectivity index (χ4n) is 2.85. The van der Waals surface area contributed by atoms with Gasteiger partial charge >= 0.3 is 0 Å².